The van der Waals surface area contributed by atoms with E-state index in [0.717, 1.165) is 65.1 Å². The van der Waals surface area contributed by atoms with Crippen molar-refractivity contribution in [3.05, 3.63) is 0 Å². The molecule has 0 aliphatic carbocycles. The molecule has 16 heteroatoms. The topological polar surface area (TPSA) is 69.2 Å². The Morgan fingerprint density at radius 3 is 0.591 bits per heavy atom. The molecule has 0 aliphatic rings. The molecular weight excluding hydrogens is 375 g/mol. The van der Waals surface area contributed by atoms with Crippen LogP contribution in [0.1, 0.15) is 0 Å². The summed E-state index contributed by atoms with van der Waals surface area (Å²) < 4.78 is 95.0. The van der Waals surface area contributed by atoms with E-state index in [1.807, 2.05) is 0 Å². The van der Waals surface area contributed by atoms with Crippen LogP contribution in [0.3, 0.4) is 0 Å². The Morgan fingerprint density at radius 2 is 0.591 bits per heavy atom. The number of hydrogen-bond acceptors (Lipinski definition) is 3. The molecule has 0 spiro atoms. The summed E-state index contributed by atoms with van der Waals surface area (Å²) in [4.78, 5) is 0. The summed E-state index contributed by atoms with van der Waals surface area (Å²) in [6, 6.07) is 0. The van der Waals surface area contributed by atoms with E-state index in [-0.39, 0.29) is 0 Å². The Morgan fingerprint density at radius 1 is 0.545 bits per heavy atom. The van der Waals surface area contributed by atoms with Crippen molar-refractivity contribution in [3.8, 4) is 0 Å². The van der Waals surface area contributed by atoms with E-state index in [2.05, 4.69) is 0 Å². The van der Waals surface area contributed by atoms with E-state index in [4.69, 9.17) is 15.1 Å². The van der Waals surface area contributed by atoms with E-state index in [9.17, 15) is 39.5 Å². The molecule has 0 aromatic rings. The van der Waals surface area contributed by atoms with Gasteiger partial charge in [0.15, 0.2) is 0 Å². The second kappa shape index (κ2) is 16.1. The first kappa shape index (κ1) is 31.4. The number of halogens is 9. The van der Waals surface area contributed by atoms with E-state index < -0.39 is 39.5 Å². The molecule has 0 aromatic carbocycles. The smallest absolute Gasteiger partial charge is 0.278 e. The maximum atomic E-state index is 10.8. The quantitative estimate of drug-likeness (QED) is 0.418. The van der Waals surface area contributed by atoms with Gasteiger partial charge in [-0.1, -0.05) is 0 Å². The Bertz CT molecular complexity index is 198. The van der Waals surface area contributed by atoms with Crippen LogP contribution < -0.4 is 15.1 Å². The summed E-state index contributed by atoms with van der Waals surface area (Å²) in [6.45, 7) is 0. The molecule has 0 N–H and O–H groups in total. The van der Waals surface area contributed by atoms with Crippen LogP contribution in [-0.4, -0.2) is 91.0 Å². The molecule has 0 unspecified atom stereocenters. The predicted molar refractivity (Wildman–Crippen MR) is 55.6 cm³/mol. The van der Waals surface area contributed by atoms with Crippen molar-refractivity contribution in [2.24, 2.45) is 0 Å². The zero-order valence-corrected chi connectivity index (χ0v) is 15.2. The van der Waals surface area contributed by atoms with Crippen LogP contribution >= 0.6 is 0 Å². The maximum Gasteiger partial charge on any atom is -0.278 e. The standard InChI is InChI=1S/3C2H2F3.BO3.3Mg/c3*1-2(3,4)5;2-1(3)4;;;/h3*1H2;;;;/q;;;-3;3*+1. The van der Waals surface area contributed by atoms with Crippen LogP contribution in [0.15, 0.2) is 0 Å². The first-order valence-corrected chi connectivity index (χ1v) is 7.97. The molecule has 0 rings (SSSR count). The van der Waals surface area contributed by atoms with Gasteiger partial charge in [-0.2, -0.15) is 0 Å². The second-order valence-electron chi connectivity index (χ2n) is 2.88. The van der Waals surface area contributed by atoms with Crippen LogP contribution in [0.5, 0.6) is 0 Å². The predicted octanol–water partition coefficient (Wildman–Crippen LogP) is -0.541. The van der Waals surface area contributed by atoms with Gasteiger partial charge in [0.2, 0.25) is 0 Å². The molecular formula is C6H6BF9Mg3O3. The van der Waals surface area contributed by atoms with E-state index in [1.165, 1.54) is 0 Å². The maximum absolute atomic E-state index is 10.8. The summed E-state index contributed by atoms with van der Waals surface area (Å²) in [5.41, 5.74) is 0. The third kappa shape index (κ3) is 81.5. The average Bonchev–Trinajstić information content (AvgIpc) is 2.27. The molecule has 0 amide bonds. The molecule has 0 aliphatic heterocycles. The van der Waals surface area contributed by atoms with Gasteiger partial charge in [-0.3, -0.25) is 7.32 Å². The van der Waals surface area contributed by atoms with Crippen molar-refractivity contribution < 1.29 is 54.6 Å². The van der Waals surface area contributed by atoms with Gasteiger partial charge in [0, 0.05) is 0 Å². The molecule has 0 saturated heterocycles. The molecule has 22 heavy (non-hydrogen) atoms. The normalized spacial score (nSPS) is 11.2. The second-order valence-corrected chi connectivity index (χ2v) is 4.38. The molecule has 3 nitrogen and oxygen atoms in total. The summed E-state index contributed by atoms with van der Waals surface area (Å²) in [6.07, 6.45) is -11.8. The Labute approximate surface area is 158 Å². The van der Waals surface area contributed by atoms with E-state index >= 15 is 0 Å². The van der Waals surface area contributed by atoms with E-state index in [0.29, 0.717) is 0 Å². The third-order valence-corrected chi connectivity index (χ3v) is 2.55. The van der Waals surface area contributed by atoms with Gasteiger partial charge in [-0.25, -0.2) is 0 Å². The zero-order valence-electron chi connectivity index (χ0n) is 10.9. The summed E-state index contributed by atoms with van der Waals surface area (Å²) in [5, 5.41) is 25.2. The first-order chi connectivity index (χ1) is 9.41. The van der Waals surface area contributed by atoms with Gasteiger partial charge >= 0.3 is 137 Å². The number of rotatable bonds is 0. The van der Waals surface area contributed by atoms with Crippen molar-refractivity contribution in [2.45, 2.75) is 32.2 Å². The van der Waals surface area contributed by atoms with Gasteiger partial charge < -0.3 is 15.1 Å². The van der Waals surface area contributed by atoms with Crippen molar-refractivity contribution in [1.82, 2.24) is 0 Å². The number of hydrogen-bond donors (Lipinski definition) is 0. The minimum absolute atomic E-state index is 0.701. The molecule has 0 aromatic heterocycles. The average molecular weight is 381 g/mol. The molecule has 0 saturated carbocycles. The van der Waals surface area contributed by atoms with Crippen LogP contribution in [-0.2, 0) is 0 Å². The fraction of sp³-hybridized carbons (Fsp3) is 1.00. The first-order valence-electron chi connectivity index (χ1n) is 4.97. The van der Waals surface area contributed by atoms with Crippen molar-refractivity contribution in [1.29, 1.82) is 0 Å². The van der Waals surface area contributed by atoms with Gasteiger partial charge in [-0.15, -0.1) is 0 Å². The molecule has 0 atom stereocenters. The van der Waals surface area contributed by atoms with Crippen LogP contribution in [0.2, 0.25) is 13.7 Å². The van der Waals surface area contributed by atoms with Gasteiger partial charge in [0.05, 0.1) is 0 Å². The summed E-state index contributed by atoms with van der Waals surface area (Å²) in [5.74, 6) is 0. The molecule has 0 radical (unpaired) electrons. The molecule has 0 bridgehead atoms. The van der Waals surface area contributed by atoms with Gasteiger partial charge in [0.25, 0.3) is 0 Å². The van der Waals surface area contributed by atoms with Crippen molar-refractivity contribution in [2.75, 3.05) is 0 Å². The van der Waals surface area contributed by atoms with Crippen molar-refractivity contribution in [3.63, 3.8) is 0 Å². The molecule has 0 heterocycles. The van der Waals surface area contributed by atoms with Crippen molar-refractivity contribution >= 4 is 72.4 Å². The monoisotopic (exact) mass is 380 g/mol. The fourth-order valence-electron chi connectivity index (χ4n) is 0. The van der Waals surface area contributed by atoms with E-state index in [1.54, 1.807) is 0 Å². The van der Waals surface area contributed by atoms with Gasteiger partial charge in [-0.05, 0) is 0 Å². The van der Waals surface area contributed by atoms with Crippen LogP contribution in [0.4, 0.5) is 39.5 Å². The Balaban J connectivity index is -0.0000000994. The fourth-order valence-corrected chi connectivity index (χ4v) is 0. The summed E-state index contributed by atoms with van der Waals surface area (Å²) in [7, 11) is -2.92. The van der Waals surface area contributed by atoms with Crippen LogP contribution in [0.25, 0.3) is 0 Å². The minimum Gasteiger partial charge on any atom is -0.907 e. The SMILES string of the molecule is FC(F)(F)[CH2][Mg+].FC(F)(F)[CH2][Mg+].FC(F)(F)[CH2][Mg+].[O-]B([O-])[O-]. The van der Waals surface area contributed by atoms with Crippen LogP contribution in [0, 0.1) is 0 Å². The largest absolute Gasteiger partial charge is 0.907 e. The minimum atomic E-state index is -3.95. The molecule has 120 valence electrons. The van der Waals surface area contributed by atoms with Gasteiger partial charge in [0.1, 0.15) is 0 Å². The Kier molecular flexibility index (Phi) is 23.0. The zero-order chi connectivity index (χ0) is 19.2. The Hall–Kier alpha value is 1.61. The summed E-state index contributed by atoms with van der Waals surface area (Å²) >= 11 is 2.73. The third-order valence-electron chi connectivity index (χ3n) is 0.850. The number of alkyl halides is 9. The molecule has 0 fully saturated rings.